The van der Waals surface area contributed by atoms with Gasteiger partial charge in [0.1, 0.15) is 18.2 Å². The minimum atomic E-state index is -0.586. The number of rotatable bonds is 6. The van der Waals surface area contributed by atoms with Crippen molar-refractivity contribution in [3.8, 4) is 5.75 Å². The minimum Gasteiger partial charge on any atom is -0.492 e. The third kappa shape index (κ3) is 6.31. The van der Waals surface area contributed by atoms with Gasteiger partial charge in [-0.1, -0.05) is 11.6 Å². The molecular formula is C17H17ClFN3O3. The normalized spacial score (nSPS) is 10.0. The first-order valence-corrected chi connectivity index (χ1v) is 7.82. The quantitative estimate of drug-likeness (QED) is 0.684. The first-order chi connectivity index (χ1) is 11.9. The van der Waals surface area contributed by atoms with Crippen LogP contribution in [0.25, 0.3) is 0 Å². The molecule has 0 spiro atoms. The molecule has 3 amide bonds. The molecule has 0 saturated carbocycles. The molecule has 6 nitrogen and oxygen atoms in total. The van der Waals surface area contributed by atoms with Crippen LogP contribution >= 0.6 is 11.6 Å². The molecule has 0 atom stereocenters. The number of ether oxygens (including phenoxy) is 1. The molecule has 2 aromatic rings. The molecule has 132 valence electrons. The summed E-state index contributed by atoms with van der Waals surface area (Å²) in [7, 11) is 0. The minimum absolute atomic E-state index is 0.00336. The van der Waals surface area contributed by atoms with E-state index in [1.807, 2.05) is 0 Å². The third-order valence-electron chi connectivity index (χ3n) is 3.00. The molecule has 25 heavy (non-hydrogen) atoms. The third-order valence-corrected chi connectivity index (χ3v) is 3.26. The number of carbonyl (C=O) groups is 2. The van der Waals surface area contributed by atoms with Crippen molar-refractivity contribution >= 4 is 34.9 Å². The van der Waals surface area contributed by atoms with Crippen LogP contribution in [0.4, 0.5) is 20.6 Å². The maximum atomic E-state index is 13.5. The fourth-order valence-corrected chi connectivity index (χ4v) is 2.05. The smallest absolute Gasteiger partial charge is 0.319 e. The SMILES string of the molecule is CC(=O)Nc1cc(NC(=O)NCCOc2ccc(Cl)cc2)ccc1F. The standard InChI is InChI=1S/C17H17ClFN3O3/c1-11(23)21-16-10-13(4-7-15(16)19)22-17(24)20-8-9-25-14-5-2-12(18)3-6-14/h2-7,10H,8-9H2,1H3,(H,21,23)(H2,20,22,24). The number of urea groups is 1. The predicted octanol–water partition coefficient (Wildman–Crippen LogP) is 3.64. The summed E-state index contributed by atoms with van der Waals surface area (Å²) in [5, 5.41) is 8.11. The Kier molecular flexibility index (Phi) is 6.59. The molecule has 0 aliphatic rings. The van der Waals surface area contributed by atoms with E-state index in [0.29, 0.717) is 16.5 Å². The van der Waals surface area contributed by atoms with E-state index in [2.05, 4.69) is 16.0 Å². The van der Waals surface area contributed by atoms with Crippen molar-refractivity contribution in [2.45, 2.75) is 6.92 Å². The summed E-state index contributed by atoms with van der Waals surface area (Å²) < 4.78 is 19.0. The van der Waals surface area contributed by atoms with Gasteiger partial charge < -0.3 is 20.7 Å². The summed E-state index contributed by atoms with van der Waals surface area (Å²) >= 11 is 5.77. The van der Waals surface area contributed by atoms with Gasteiger partial charge in [-0.15, -0.1) is 0 Å². The number of hydrogen-bond donors (Lipinski definition) is 3. The van der Waals surface area contributed by atoms with Crippen LogP contribution in [0.1, 0.15) is 6.92 Å². The van der Waals surface area contributed by atoms with E-state index in [1.54, 1.807) is 24.3 Å². The molecule has 8 heteroatoms. The van der Waals surface area contributed by atoms with Crippen molar-refractivity contribution in [1.82, 2.24) is 5.32 Å². The monoisotopic (exact) mass is 365 g/mol. The molecule has 0 aromatic heterocycles. The van der Waals surface area contributed by atoms with E-state index in [0.717, 1.165) is 6.07 Å². The Morgan fingerprint density at radius 1 is 1.12 bits per heavy atom. The van der Waals surface area contributed by atoms with Gasteiger partial charge in [-0.3, -0.25) is 4.79 Å². The van der Waals surface area contributed by atoms with E-state index in [9.17, 15) is 14.0 Å². The lowest BCUT2D eigenvalue weighted by Crippen LogP contribution is -2.32. The summed E-state index contributed by atoms with van der Waals surface area (Å²) in [6.07, 6.45) is 0. The Morgan fingerprint density at radius 3 is 2.52 bits per heavy atom. The topological polar surface area (TPSA) is 79.5 Å². The second kappa shape index (κ2) is 8.89. The van der Waals surface area contributed by atoms with Crippen molar-refractivity contribution in [2.75, 3.05) is 23.8 Å². The Hall–Kier alpha value is -2.80. The second-order valence-electron chi connectivity index (χ2n) is 5.06. The number of hydrogen-bond acceptors (Lipinski definition) is 3. The van der Waals surface area contributed by atoms with Gasteiger partial charge >= 0.3 is 6.03 Å². The maximum absolute atomic E-state index is 13.5. The lowest BCUT2D eigenvalue weighted by atomic mass is 10.2. The molecule has 2 rings (SSSR count). The molecule has 0 bridgehead atoms. The van der Waals surface area contributed by atoms with Crippen LogP contribution in [-0.4, -0.2) is 25.1 Å². The number of halogens is 2. The van der Waals surface area contributed by atoms with E-state index in [-0.39, 0.29) is 18.8 Å². The van der Waals surface area contributed by atoms with Gasteiger partial charge in [0, 0.05) is 17.6 Å². The van der Waals surface area contributed by atoms with Crippen LogP contribution in [0, 0.1) is 5.82 Å². The van der Waals surface area contributed by atoms with Gasteiger partial charge in [-0.2, -0.15) is 0 Å². The molecule has 0 unspecified atom stereocenters. The Bertz CT molecular complexity index is 753. The van der Waals surface area contributed by atoms with Gasteiger partial charge in [-0.05, 0) is 42.5 Å². The second-order valence-corrected chi connectivity index (χ2v) is 5.50. The molecular weight excluding hydrogens is 349 g/mol. The summed E-state index contributed by atoms with van der Waals surface area (Å²) in [5.74, 6) is -0.345. The predicted molar refractivity (Wildman–Crippen MR) is 94.7 cm³/mol. The lowest BCUT2D eigenvalue weighted by Gasteiger charge is -2.11. The summed E-state index contributed by atoms with van der Waals surface area (Å²) in [6.45, 7) is 1.82. The van der Waals surface area contributed by atoms with Crippen LogP contribution in [0.3, 0.4) is 0 Å². The molecule has 3 N–H and O–H groups in total. The van der Waals surface area contributed by atoms with Crippen molar-refractivity contribution < 1.29 is 18.7 Å². The maximum Gasteiger partial charge on any atom is 0.319 e. The number of amides is 3. The summed E-state index contributed by atoms with van der Waals surface area (Å²) in [5.41, 5.74) is 0.345. The van der Waals surface area contributed by atoms with E-state index in [4.69, 9.17) is 16.3 Å². The average molecular weight is 366 g/mol. The molecule has 0 saturated heterocycles. The van der Waals surface area contributed by atoms with E-state index in [1.165, 1.54) is 19.1 Å². The van der Waals surface area contributed by atoms with Crippen molar-refractivity contribution in [2.24, 2.45) is 0 Å². The molecule has 0 fully saturated rings. The van der Waals surface area contributed by atoms with Crippen molar-refractivity contribution in [3.05, 3.63) is 53.3 Å². The molecule has 0 radical (unpaired) electrons. The highest BCUT2D eigenvalue weighted by atomic mass is 35.5. The van der Waals surface area contributed by atoms with Gasteiger partial charge in [0.25, 0.3) is 0 Å². The van der Waals surface area contributed by atoms with E-state index < -0.39 is 17.8 Å². The summed E-state index contributed by atoms with van der Waals surface area (Å²) in [6, 6.07) is 10.3. The lowest BCUT2D eigenvalue weighted by molar-refractivity contribution is -0.114. The number of nitrogens with one attached hydrogen (secondary N) is 3. The van der Waals surface area contributed by atoms with E-state index >= 15 is 0 Å². The van der Waals surface area contributed by atoms with Crippen molar-refractivity contribution in [3.63, 3.8) is 0 Å². The fraction of sp³-hybridized carbons (Fsp3) is 0.176. The van der Waals surface area contributed by atoms with Crippen LogP contribution in [0.2, 0.25) is 5.02 Å². The van der Waals surface area contributed by atoms with Gasteiger partial charge in [0.2, 0.25) is 5.91 Å². The van der Waals surface area contributed by atoms with Gasteiger partial charge in [-0.25, -0.2) is 9.18 Å². The largest absolute Gasteiger partial charge is 0.492 e. The molecule has 0 aliphatic carbocycles. The number of benzene rings is 2. The highest BCUT2D eigenvalue weighted by molar-refractivity contribution is 6.30. The Labute approximate surface area is 149 Å². The zero-order valence-electron chi connectivity index (χ0n) is 13.4. The first kappa shape index (κ1) is 18.5. The van der Waals surface area contributed by atoms with Crippen LogP contribution < -0.4 is 20.7 Å². The van der Waals surface area contributed by atoms with Gasteiger partial charge in [0.15, 0.2) is 0 Å². The molecule has 0 aliphatic heterocycles. The van der Waals surface area contributed by atoms with Gasteiger partial charge in [0.05, 0.1) is 12.2 Å². The summed E-state index contributed by atoms with van der Waals surface area (Å²) in [4.78, 5) is 22.8. The van der Waals surface area contributed by atoms with Crippen LogP contribution in [0.15, 0.2) is 42.5 Å². The Morgan fingerprint density at radius 2 is 1.84 bits per heavy atom. The highest BCUT2D eigenvalue weighted by Crippen LogP contribution is 2.19. The highest BCUT2D eigenvalue weighted by Gasteiger charge is 2.07. The Balaban J connectivity index is 1.78. The van der Waals surface area contributed by atoms with Crippen LogP contribution in [-0.2, 0) is 4.79 Å². The molecule has 0 heterocycles. The zero-order chi connectivity index (χ0) is 18.2. The number of anilines is 2. The number of carbonyl (C=O) groups excluding carboxylic acids is 2. The average Bonchev–Trinajstić information content (AvgIpc) is 2.56. The van der Waals surface area contributed by atoms with Crippen molar-refractivity contribution in [1.29, 1.82) is 0 Å². The zero-order valence-corrected chi connectivity index (χ0v) is 14.2. The fourth-order valence-electron chi connectivity index (χ4n) is 1.93. The first-order valence-electron chi connectivity index (χ1n) is 7.44. The molecule has 2 aromatic carbocycles. The van der Waals surface area contributed by atoms with Crippen LogP contribution in [0.5, 0.6) is 5.75 Å².